The molecule has 0 aliphatic rings. The molecule has 0 aliphatic carbocycles. The molecule has 39 heavy (non-hydrogen) atoms. The second kappa shape index (κ2) is 12.4. The van der Waals surface area contributed by atoms with E-state index in [1.807, 2.05) is 67.0 Å². The van der Waals surface area contributed by atoms with Crippen molar-refractivity contribution < 1.29 is 19.4 Å². The van der Waals surface area contributed by atoms with E-state index in [-0.39, 0.29) is 6.42 Å². The number of thiazole rings is 1. The van der Waals surface area contributed by atoms with Gasteiger partial charge in [-0.15, -0.1) is 11.3 Å². The highest BCUT2D eigenvalue weighted by molar-refractivity contribution is 7.13. The number of benzene rings is 2. The fourth-order valence-corrected chi connectivity index (χ4v) is 5.14. The molecule has 0 bridgehead atoms. The molecule has 0 aliphatic heterocycles. The van der Waals surface area contributed by atoms with Crippen molar-refractivity contribution in [3.63, 3.8) is 0 Å². The zero-order valence-electron chi connectivity index (χ0n) is 21.5. The maximum atomic E-state index is 11.4. The Bertz CT molecular complexity index is 1530. The Balaban J connectivity index is 1.37. The predicted molar refractivity (Wildman–Crippen MR) is 150 cm³/mol. The van der Waals surface area contributed by atoms with E-state index < -0.39 is 5.97 Å². The molecule has 3 aromatic heterocycles. The van der Waals surface area contributed by atoms with Gasteiger partial charge < -0.3 is 19.6 Å². The number of aromatic nitrogens is 4. The molecule has 0 spiro atoms. The Kier molecular flexibility index (Phi) is 8.28. The maximum Gasteiger partial charge on any atom is 0.303 e. The Morgan fingerprint density at radius 2 is 1.90 bits per heavy atom. The van der Waals surface area contributed by atoms with E-state index in [0.29, 0.717) is 37.6 Å². The second-order valence-corrected chi connectivity index (χ2v) is 9.72. The van der Waals surface area contributed by atoms with Crippen molar-refractivity contribution in [1.29, 1.82) is 0 Å². The van der Waals surface area contributed by atoms with Gasteiger partial charge in [0.25, 0.3) is 0 Å². The first-order valence-corrected chi connectivity index (χ1v) is 13.5. The normalized spacial score (nSPS) is 10.9. The topological polar surface area (TPSA) is 110 Å². The first kappa shape index (κ1) is 26.1. The van der Waals surface area contributed by atoms with Gasteiger partial charge in [0.15, 0.2) is 0 Å². The number of hydrogen-bond donors (Lipinski definition) is 2. The van der Waals surface area contributed by atoms with Gasteiger partial charge in [-0.25, -0.2) is 4.98 Å². The van der Waals surface area contributed by atoms with Crippen molar-refractivity contribution in [2.45, 2.75) is 32.8 Å². The number of aromatic amines is 1. The molecular weight excluding hydrogens is 512 g/mol. The van der Waals surface area contributed by atoms with Crippen LogP contribution in [-0.2, 0) is 24.2 Å². The molecule has 5 aromatic rings. The van der Waals surface area contributed by atoms with E-state index >= 15 is 0 Å². The number of nitrogens with zero attached hydrogens (tertiary/aromatic N) is 3. The number of hydrogen-bond acceptors (Lipinski definition) is 7. The summed E-state index contributed by atoms with van der Waals surface area (Å²) in [5, 5.41) is 12.1. The lowest BCUT2D eigenvalue weighted by Gasteiger charge is -2.12. The third kappa shape index (κ3) is 6.69. The van der Waals surface area contributed by atoms with Gasteiger partial charge in [-0.1, -0.05) is 30.3 Å². The first-order chi connectivity index (χ1) is 19.1. The van der Waals surface area contributed by atoms with Crippen LogP contribution in [0.3, 0.4) is 0 Å². The highest BCUT2D eigenvalue weighted by Crippen LogP contribution is 2.31. The second-order valence-electron chi connectivity index (χ2n) is 8.86. The van der Waals surface area contributed by atoms with Gasteiger partial charge in [0.1, 0.15) is 28.8 Å². The molecule has 3 heterocycles. The van der Waals surface area contributed by atoms with E-state index in [1.54, 1.807) is 18.6 Å². The number of carboxylic acids is 1. The van der Waals surface area contributed by atoms with Gasteiger partial charge in [-0.2, -0.15) is 0 Å². The molecule has 2 aromatic carbocycles. The van der Waals surface area contributed by atoms with E-state index in [1.165, 1.54) is 11.3 Å². The summed E-state index contributed by atoms with van der Waals surface area (Å²) in [6.45, 7) is 2.77. The summed E-state index contributed by atoms with van der Waals surface area (Å²) in [4.78, 5) is 27.8. The van der Waals surface area contributed by atoms with Crippen molar-refractivity contribution in [3.05, 3.63) is 101 Å². The van der Waals surface area contributed by atoms with Crippen LogP contribution in [0.25, 0.3) is 21.8 Å². The SMILES string of the molecule is CCOc1cc(Cc2[nH]cc(-c3ccccc3)c2CCC(=O)O)cc(OCc2csc(-c3cnccn3)n2)c1. The minimum Gasteiger partial charge on any atom is -0.494 e. The zero-order chi connectivity index (χ0) is 27.0. The monoisotopic (exact) mass is 540 g/mol. The average molecular weight is 541 g/mol. The van der Waals surface area contributed by atoms with Gasteiger partial charge in [0.2, 0.25) is 0 Å². The van der Waals surface area contributed by atoms with Crippen LogP contribution in [-0.4, -0.2) is 37.6 Å². The molecule has 2 N–H and O–H groups in total. The molecule has 0 fully saturated rings. The van der Waals surface area contributed by atoms with Crippen LogP contribution in [0, 0.1) is 0 Å². The van der Waals surface area contributed by atoms with E-state index in [4.69, 9.17) is 9.47 Å². The van der Waals surface area contributed by atoms with Gasteiger partial charge in [-0.05, 0) is 42.2 Å². The van der Waals surface area contributed by atoms with Crippen LogP contribution in [0.2, 0.25) is 0 Å². The summed E-state index contributed by atoms with van der Waals surface area (Å²) in [6.07, 6.45) is 8.00. The number of carboxylic acid groups (broad SMARTS) is 1. The van der Waals surface area contributed by atoms with E-state index in [2.05, 4.69) is 19.9 Å². The van der Waals surface area contributed by atoms with Crippen LogP contribution in [0.1, 0.15) is 35.9 Å². The minimum atomic E-state index is -0.820. The Morgan fingerprint density at radius 1 is 1.08 bits per heavy atom. The fraction of sp³-hybridized carbons (Fsp3) is 0.200. The molecule has 0 saturated heterocycles. The summed E-state index contributed by atoms with van der Waals surface area (Å²) in [5.74, 6) is 0.567. The number of ether oxygens (including phenoxy) is 2. The van der Waals surface area contributed by atoms with Crippen molar-refractivity contribution in [1.82, 2.24) is 19.9 Å². The molecule has 0 amide bonds. The largest absolute Gasteiger partial charge is 0.494 e. The average Bonchev–Trinajstić information content (AvgIpc) is 3.59. The molecule has 5 rings (SSSR count). The fourth-order valence-electron chi connectivity index (χ4n) is 4.37. The zero-order valence-corrected chi connectivity index (χ0v) is 22.3. The Hall–Kier alpha value is -4.50. The number of nitrogens with one attached hydrogen (secondary N) is 1. The molecule has 0 saturated carbocycles. The summed E-state index contributed by atoms with van der Waals surface area (Å²) >= 11 is 1.50. The number of rotatable bonds is 12. The molecule has 198 valence electrons. The number of aliphatic carboxylic acids is 1. The Labute approximate surface area is 230 Å². The molecule has 0 atom stereocenters. The van der Waals surface area contributed by atoms with Crippen LogP contribution >= 0.6 is 11.3 Å². The van der Waals surface area contributed by atoms with E-state index in [9.17, 15) is 9.90 Å². The summed E-state index contributed by atoms with van der Waals surface area (Å²) in [7, 11) is 0. The van der Waals surface area contributed by atoms with Gasteiger partial charge in [0.05, 0.1) is 18.5 Å². The molecule has 8 nitrogen and oxygen atoms in total. The van der Waals surface area contributed by atoms with E-state index in [0.717, 1.165) is 44.3 Å². The number of carbonyl (C=O) groups is 1. The third-order valence-corrected chi connectivity index (χ3v) is 7.02. The first-order valence-electron chi connectivity index (χ1n) is 12.7. The molecule has 0 unspecified atom stereocenters. The van der Waals surface area contributed by atoms with Crippen molar-refractivity contribution in [2.75, 3.05) is 6.61 Å². The molecule has 0 radical (unpaired) electrons. The number of H-pyrrole nitrogens is 1. The predicted octanol–water partition coefficient (Wildman–Crippen LogP) is 6.18. The quantitative estimate of drug-likeness (QED) is 0.194. The van der Waals surface area contributed by atoms with Crippen LogP contribution in [0.4, 0.5) is 0 Å². The summed E-state index contributed by atoms with van der Waals surface area (Å²) in [5.41, 5.74) is 6.58. The molecule has 9 heteroatoms. The van der Waals surface area contributed by atoms with Crippen LogP contribution < -0.4 is 9.47 Å². The van der Waals surface area contributed by atoms with Gasteiger partial charge in [0, 0.05) is 54.1 Å². The Morgan fingerprint density at radius 3 is 2.64 bits per heavy atom. The molecular formula is C30H28N4O4S. The summed E-state index contributed by atoms with van der Waals surface area (Å²) in [6, 6.07) is 15.9. The van der Waals surface area contributed by atoms with Gasteiger partial charge in [-0.3, -0.25) is 14.8 Å². The lowest BCUT2D eigenvalue weighted by atomic mass is 9.96. The highest BCUT2D eigenvalue weighted by atomic mass is 32.1. The lowest BCUT2D eigenvalue weighted by molar-refractivity contribution is -0.136. The minimum absolute atomic E-state index is 0.0578. The van der Waals surface area contributed by atoms with Crippen molar-refractivity contribution in [2.24, 2.45) is 0 Å². The maximum absolute atomic E-state index is 11.4. The van der Waals surface area contributed by atoms with Crippen molar-refractivity contribution >= 4 is 17.3 Å². The van der Waals surface area contributed by atoms with Crippen molar-refractivity contribution in [3.8, 4) is 33.3 Å². The van der Waals surface area contributed by atoms with Crippen LogP contribution in [0.15, 0.2) is 78.7 Å². The lowest BCUT2D eigenvalue weighted by Crippen LogP contribution is -2.02. The highest BCUT2D eigenvalue weighted by Gasteiger charge is 2.16. The van der Waals surface area contributed by atoms with Gasteiger partial charge >= 0.3 is 5.97 Å². The smallest absolute Gasteiger partial charge is 0.303 e. The third-order valence-electron chi connectivity index (χ3n) is 6.11. The summed E-state index contributed by atoms with van der Waals surface area (Å²) < 4.78 is 12.0. The van der Waals surface area contributed by atoms with Crippen LogP contribution in [0.5, 0.6) is 11.5 Å². The standard InChI is InChI=1S/C30H28N4O4S/c1-2-37-23-12-20(13-24(15-23)38-18-22-19-39-30(34-22)28-17-31-10-11-32-28)14-27-25(8-9-29(35)36)26(16-33-27)21-6-4-3-5-7-21/h3-7,10-13,15-17,19,33H,2,8-9,14,18H2,1H3,(H,35,36).